The van der Waals surface area contributed by atoms with Gasteiger partial charge in [0.25, 0.3) is 0 Å². The van der Waals surface area contributed by atoms with E-state index < -0.39 is 0 Å². The molecular weight excluding hydrogens is 598 g/mol. The predicted octanol–water partition coefficient (Wildman–Crippen LogP) is 5.28. The van der Waals surface area contributed by atoms with Gasteiger partial charge in [0.05, 0.1) is 0 Å². The molecule has 1 nitrogen and oxygen atoms in total. The van der Waals surface area contributed by atoms with Crippen molar-refractivity contribution in [2.75, 3.05) is 0 Å². The fourth-order valence-corrected chi connectivity index (χ4v) is 2.01. The molecule has 21 heavy (non-hydrogen) atoms. The van der Waals surface area contributed by atoms with Gasteiger partial charge in [0.2, 0.25) is 0 Å². The van der Waals surface area contributed by atoms with Crippen molar-refractivity contribution < 1.29 is 42.1 Å². The van der Waals surface area contributed by atoms with Crippen molar-refractivity contribution in [2.24, 2.45) is 22.2 Å². The number of rotatable bonds is 1. The van der Waals surface area contributed by atoms with Crippen LogP contribution in [0.2, 0.25) is 0 Å². The molecule has 0 aromatic heterocycles. The Balaban J connectivity index is -0.000000405. The summed E-state index contributed by atoms with van der Waals surface area (Å²) in [6, 6.07) is 0.631. The van der Waals surface area contributed by atoms with E-state index in [1.807, 2.05) is 0 Å². The summed E-state index contributed by atoms with van der Waals surface area (Å²) >= 11 is 0. The molecule has 0 spiro atoms. The second kappa shape index (κ2) is 10.3. The molecule has 0 aromatic carbocycles. The molecule has 1 N–H and O–H groups in total. The van der Waals surface area contributed by atoms with Crippen molar-refractivity contribution in [1.29, 1.82) is 0 Å². The van der Waals surface area contributed by atoms with Crippen LogP contribution in [0.5, 0.6) is 0 Å². The van der Waals surface area contributed by atoms with Crippen molar-refractivity contribution in [2.45, 2.75) is 74.8 Å². The molecule has 0 saturated carbocycles. The van der Waals surface area contributed by atoms with E-state index in [0.717, 1.165) is 0 Å². The summed E-state index contributed by atoms with van der Waals surface area (Å²) in [6.07, 6.45) is 3.70. The van der Waals surface area contributed by atoms with Crippen LogP contribution < -0.4 is 5.32 Å². The fourth-order valence-electron chi connectivity index (χ4n) is 2.01. The summed E-state index contributed by atoms with van der Waals surface area (Å²) in [7, 11) is 0. The summed E-state index contributed by atoms with van der Waals surface area (Å²) < 4.78 is 0. The standard InChI is InChI=1S/C13H25N.C5H11.2W/c1-12(2,3)8-10-7-11(14-9-10)13(4,5)6;1-5(2,3)4;;/h8-11,14H,7H2,1-6H3;1H2,2-4H3;;/q-2;-1;;+2. The normalized spacial score (nSPS) is 22.6. The van der Waals surface area contributed by atoms with Gasteiger partial charge >= 0.3 is 21.1 Å². The zero-order valence-electron chi connectivity index (χ0n) is 15.5. The molecule has 1 heterocycles. The first kappa shape index (κ1) is 27.2. The number of hydrogen-bond donors (Lipinski definition) is 1. The summed E-state index contributed by atoms with van der Waals surface area (Å²) in [5.74, 6) is 0.638. The van der Waals surface area contributed by atoms with Gasteiger partial charge in [-0.1, -0.05) is 68.7 Å². The van der Waals surface area contributed by atoms with Crippen LogP contribution in [0.1, 0.15) is 68.7 Å². The Morgan fingerprint density at radius 1 is 1.00 bits per heavy atom. The fraction of sp³-hybridized carbons (Fsp3) is 0.833. The average Bonchev–Trinajstić information content (AvgIpc) is 2.44. The maximum Gasteiger partial charge on any atom is 2.00 e. The molecule has 2 atom stereocenters. The molecule has 1 fully saturated rings. The van der Waals surface area contributed by atoms with E-state index in [2.05, 4.69) is 87.5 Å². The minimum Gasteiger partial charge on any atom is -0.469 e. The van der Waals surface area contributed by atoms with E-state index in [9.17, 15) is 0 Å². The van der Waals surface area contributed by atoms with E-state index in [-0.39, 0.29) is 47.5 Å². The zero-order valence-corrected chi connectivity index (χ0v) is 21.4. The van der Waals surface area contributed by atoms with Crippen LogP contribution in [0.15, 0.2) is 0 Å². The van der Waals surface area contributed by atoms with Crippen LogP contribution in [-0.4, -0.2) is 6.04 Å². The quantitative estimate of drug-likeness (QED) is 0.388. The Hall–Kier alpha value is 1.34. The molecule has 0 bridgehead atoms. The molecule has 0 aliphatic carbocycles. The van der Waals surface area contributed by atoms with E-state index in [1.165, 1.54) is 6.42 Å². The Morgan fingerprint density at radius 2 is 1.38 bits per heavy atom. The smallest absolute Gasteiger partial charge is 0.469 e. The van der Waals surface area contributed by atoms with Crippen molar-refractivity contribution in [1.82, 2.24) is 5.32 Å². The minimum atomic E-state index is 0. The van der Waals surface area contributed by atoms with Crippen LogP contribution in [0.3, 0.4) is 0 Å². The topological polar surface area (TPSA) is 12.0 Å². The first-order valence-corrected chi connectivity index (χ1v) is 7.49. The third kappa shape index (κ3) is 17.5. The number of nitrogens with one attached hydrogen (secondary N) is 1. The first-order valence-electron chi connectivity index (χ1n) is 7.49. The monoisotopic (exact) mass is 634 g/mol. The van der Waals surface area contributed by atoms with Gasteiger partial charge in [-0.2, -0.15) is 10.8 Å². The summed E-state index contributed by atoms with van der Waals surface area (Å²) in [6.45, 7) is 26.0. The van der Waals surface area contributed by atoms with Crippen molar-refractivity contribution in [3.8, 4) is 0 Å². The molecule has 0 radical (unpaired) electrons. The van der Waals surface area contributed by atoms with E-state index in [1.54, 1.807) is 0 Å². The van der Waals surface area contributed by atoms with Gasteiger partial charge in [0, 0.05) is 21.1 Å². The maximum absolute atomic E-state index is 3.77. The van der Waals surface area contributed by atoms with Gasteiger partial charge in [-0.15, -0.1) is 0 Å². The average molecular weight is 634 g/mol. The maximum atomic E-state index is 3.77. The second-order valence-corrected chi connectivity index (χ2v) is 9.24. The Labute approximate surface area is 163 Å². The van der Waals surface area contributed by atoms with E-state index >= 15 is 0 Å². The minimum absolute atomic E-state index is 0. The first-order chi connectivity index (χ1) is 8.18. The van der Waals surface area contributed by atoms with Crippen LogP contribution in [-0.2, 0) is 42.1 Å². The molecular formula is C18H36NW2-. The van der Waals surface area contributed by atoms with Gasteiger partial charge in [0.1, 0.15) is 0 Å². The third-order valence-electron chi connectivity index (χ3n) is 2.78. The summed E-state index contributed by atoms with van der Waals surface area (Å²) in [5, 5.41) is 3.51. The molecule has 0 aromatic rings. The van der Waals surface area contributed by atoms with Crippen LogP contribution in [0.25, 0.3) is 0 Å². The van der Waals surface area contributed by atoms with Crippen LogP contribution in [0, 0.1) is 42.1 Å². The van der Waals surface area contributed by atoms with Crippen molar-refractivity contribution in [3.05, 3.63) is 19.9 Å². The SMILES string of the molecule is CC(C)(C)[CH-]C1[CH-]NC(C(C)(C)C)C1.[CH2-]C(C)(C)C.[W+2].[W]. The molecule has 1 rings (SSSR count). The third-order valence-corrected chi connectivity index (χ3v) is 2.78. The van der Waals surface area contributed by atoms with E-state index in [4.69, 9.17) is 0 Å². The van der Waals surface area contributed by atoms with E-state index in [0.29, 0.717) is 22.8 Å². The van der Waals surface area contributed by atoms with Crippen molar-refractivity contribution >= 4 is 0 Å². The molecule has 0 amide bonds. The summed E-state index contributed by atoms with van der Waals surface area (Å²) in [5.41, 5.74) is 0.951. The van der Waals surface area contributed by atoms with Gasteiger partial charge in [-0.25, -0.2) is 0 Å². The van der Waals surface area contributed by atoms with Gasteiger partial charge in [-0.3, -0.25) is 12.5 Å². The Bertz CT molecular complexity index is 250. The van der Waals surface area contributed by atoms with Crippen molar-refractivity contribution in [3.63, 3.8) is 0 Å². The molecule has 126 valence electrons. The largest absolute Gasteiger partial charge is 2.00 e. The summed E-state index contributed by atoms with van der Waals surface area (Å²) in [4.78, 5) is 0. The van der Waals surface area contributed by atoms with Gasteiger partial charge < -0.3 is 18.7 Å². The molecule has 1 saturated heterocycles. The van der Waals surface area contributed by atoms with Gasteiger partial charge in [0.15, 0.2) is 0 Å². The predicted molar refractivity (Wildman–Crippen MR) is 87.4 cm³/mol. The van der Waals surface area contributed by atoms with Crippen LogP contribution in [0.4, 0.5) is 0 Å². The Morgan fingerprint density at radius 3 is 1.62 bits per heavy atom. The molecule has 1 aliphatic rings. The zero-order chi connectivity index (χ0) is 15.5. The van der Waals surface area contributed by atoms with Gasteiger partial charge in [-0.05, 0) is 11.5 Å². The molecule has 1 aliphatic heterocycles. The molecule has 3 heteroatoms. The Kier molecular flexibility index (Phi) is 13.3. The second-order valence-electron chi connectivity index (χ2n) is 9.24. The van der Waals surface area contributed by atoms with Crippen LogP contribution >= 0.6 is 0 Å². The molecule has 2 unspecified atom stereocenters. The number of hydrogen-bond acceptors (Lipinski definition) is 1.